The lowest BCUT2D eigenvalue weighted by Crippen LogP contribution is -2.37. The van der Waals surface area contributed by atoms with Crippen LogP contribution in [0.15, 0.2) is 18.2 Å². The van der Waals surface area contributed by atoms with Gasteiger partial charge in [0.15, 0.2) is 0 Å². The first-order chi connectivity index (χ1) is 10.3. The van der Waals surface area contributed by atoms with Gasteiger partial charge in [-0.25, -0.2) is 0 Å². The number of anilines is 1. The SMILES string of the molecule is c1cc2c(cc1CC1CCOC3(CCCC3)C1)CCCN2. The van der Waals surface area contributed by atoms with Gasteiger partial charge in [-0.15, -0.1) is 0 Å². The Hall–Kier alpha value is -1.02. The van der Waals surface area contributed by atoms with Crippen LogP contribution in [0.2, 0.25) is 0 Å². The van der Waals surface area contributed by atoms with Gasteiger partial charge in [0.2, 0.25) is 0 Å². The van der Waals surface area contributed by atoms with Crippen molar-refractivity contribution in [3.63, 3.8) is 0 Å². The molecule has 1 unspecified atom stereocenters. The molecule has 1 N–H and O–H groups in total. The monoisotopic (exact) mass is 285 g/mol. The van der Waals surface area contributed by atoms with Crippen molar-refractivity contribution in [1.29, 1.82) is 0 Å². The van der Waals surface area contributed by atoms with Crippen molar-refractivity contribution < 1.29 is 4.74 Å². The van der Waals surface area contributed by atoms with Crippen molar-refractivity contribution in [3.8, 4) is 0 Å². The van der Waals surface area contributed by atoms with Gasteiger partial charge in [-0.3, -0.25) is 0 Å². The zero-order valence-corrected chi connectivity index (χ0v) is 13.0. The van der Waals surface area contributed by atoms with Crippen molar-refractivity contribution in [2.24, 2.45) is 5.92 Å². The van der Waals surface area contributed by atoms with Crippen LogP contribution in [0.1, 0.15) is 56.1 Å². The van der Waals surface area contributed by atoms with Gasteiger partial charge >= 0.3 is 0 Å². The highest BCUT2D eigenvalue weighted by atomic mass is 16.5. The van der Waals surface area contributed by atoms with Gasteiger partial charge in [0.1, 0.15) is 0 Å². The topological polar surface area (TPSA) is 21.3 Å². The molecular formula is C19H27NO. The number of ether oxygens (including phenoxy) is 1. The zero-order chi connectivity index (χ0) is 14.1. The van der Waals surface area contributed by atoms with Crippen molar-refractivity contribution in [1.82, 2.24) is 0 Å². The lowest BCUT2D eigenvalue weighted by Gasteiger charge is -2.38. The number of hydrogen-bond donors (Lipinski definition) is 1. The molecule has 2 heterocycles. The fourth-order valence-electron chi connectivity index (χ4n) is 4.66. The summed E-state index contributed by atoms with van der Waals surface area (Å²) in [5, 5.41) is 3.51. The Bertz CT molecular complexity index is 504. The Balaban J connectivity index is 1.45. The van der Waals surface area contributed by atoms with E-state index in [0.29, 0.717) is 0 Å². The molecule has 4 rings (SSSR count). The van der Waals surface area contributed by atoms with Gasteiger partial charge < -0.3 is 10.1 Å². The summed E-state index contributed by atoms with van der Waals surface area (Å²) in [6, 6.07) is 7.10. The molecule has 3 aliphatic rings. The Morgan fingerprint density at radius 3 is 3.00 bits per heavy atom. The fraction of sp³-hybridized carbons (Fsp3) is 0.684. The van der Waals surface area contributed by atoms with Crippen LogP contribution in [0, 0.1) is 5.92 Å². The van der Waals surface area contributed by atoms with Crippen LogP contribution in [-0.2, 0) is 17.6 Å². The number of nitrogens with one attached hydrogen (secondary N) is 1. The van der Waals surface area contributed by atoms with E-state index in [9.17, 15) is 0 Å². The lowest BCUT2D eigenvalue weighted by atomic mass is 9.81. The van der Waals surface area contributed by atoms with E-state index in [2.05, 4.69) is 23.5 Å². The van der Waals surface area contributed by atoms with E-state index in [1.807, 2.05) is 0 Å². The van der Waals surface area contributed by atoms with Gasteiger partial charge in [0, 0.05) is 18.8 Å². The largest absolute Gasteiger partial charge is 0.385 e. The summed E-state index contributed by atoms with van der Waals surface area (Å²) in [6.07, 6.45) is 11.7. The first-order valence-corrected chi connectivity index (χ1v) is 8.83. The van der Waals surface area contributed by atoms with E-state index >= 15 is 0 Å². The molecule has 0 radical (unpaired) electrons. The summed E-state index contributed by atoms with van der Waals surface area (Å²) in [7, 11) is 0. The quantitative estimate of drug-likeness (QED) is 0.873. The molecule has 1 saturated heterocycles. The van der Waals surface area contributed by atoms with Gasteiger partial charge in [-0.05, 0) is 68.1 Å². The molecule has 2 heteroatoms. The molecule has 1 saturated carbocycles. The fourth-order valence-corrected chi connectivity index (χ4v) is 4.66. The minimum Gasteiger partial charge on any atom is -0.385 e. The van der Waals surface area contributed by atoms with E-state index in [1.54, 1.807) is 0 Å². The molecule has 0 amide bonds. The van der Waals surface area contributed by atoms with Crippen molar-refractivity contribution in [3.05, 3.63) is 29.3 Å². The third-order valence-electron chi connectivity index (χ3n) is 5.74. The predicted octanol–water partition coefficient (Wildman–Crippen LogP) is 4.33. The van der Waals surface area contributed by atoms with Crippen LogP contribution < -0.4 is 5.32 Å². The maximum absolute atomic E-state index is 6.17. The summed E-state index contributed by atoms with van der Waals surface area (Å²) in [4.78, 5) is 0. The van der Waals surface area contributed by atoms with Crippen LogP contribution in [0.25, 0.3) is 0 Å². The van der Waals surface area contributed by atoms with Crippen LogP contribution in [-0.4, -0.2) is 18.8 Å². The minimum atomic E-state index is 0.263. The first-order valence-electron chi connectivity index (χ1n) is 8.83. The minimum absolute atomic E-state index is 0.263. The molecule has 1 aromatic carbocycles. The van der Waals surface area contributed by atoms with E-state index in [1.165, 1.54) is 74.6 Å². The van der Waals surface area contributed by atoms with Crippen LogP contribution >= 0.6 is 0 Å². The third kappa shape index (κ3) is 2.83. The molecular weight excluding hydrogens is 258 g/mol. The summed E-state index contributed by atoms with van der Waals surface area (Å²) in [5.41, 5.74) is 4.70. The third-order valence-corrected chi connectivity index (χ3v) is 5.74. The van der Waals surface area contributed by atoms with Crippen LogP contribution in [0.3, 0.4) is 0 Å². The summed E-state index contributed by atoms with van der Waals surface area (Å²) >= 11 is 0. The average molecular weight is 285 g/mol. The molecule has 2 nitrogen and oxygen atoms in total. The van der Waals surface area contributed by atoms with Crippen LogP contribution in [0.5, 0.6) is 0 Å². The molecule has 1 aliphatic carbocycles. The van der Waals surface area contributed by atoms with Gasteiger partial charge in [0.25, 0.3) is 0 Å². The van der Waals surface area contributed by atoms with Crippen molar-refractivity contribution >= 4 is 5.69 Å². The number of fused-ring (bicyclic) bond motifs is 1. The zero-order valence-electron chi connectivity index (χ0n) is 13.0. The summed E-state index contributed by atoms with van der Waals surface area (Å²) in [5.74, 6) is 0.825. The van der Waals surface area contributed by atoms with E-state index in [4.69, 9.17) is 4.74 Å². The van der Waals surface area contributed by atoms with Crippen LogP contribution in [0.4, 0.5) is 5.69 Å². The highest BCUT2D eigenvalue weighted by Gasteiger charge is 2.39. The maximum atomic E-state index is 6.17. The van der Waals surface area contributed by atoms with E-state index in [-0.39, 0.29) is 5.60 Å². The lowest BCUT2D eigenvalue weighted by molar-refractivity contribution is -0.0923. The normalized spacial score (nSPS) is 27.3. The molecule has 114 valence electrons. The molecule has 1 aromatic rings. The van der Waals surface area contributed by atoms with Crippen molar-refractivity contribution in [2.45, 2.75) is 63.4 Å². The Labute approximate surface area is 128 Å². The highest BCUT2D eigenvalue weighted by Crippen LogP contribution is 2.42. The molecule has 1 atom stereocenters. The van der Waals surface area contributed by atoms with Crippen molar-refractivity contribution in [2.75, 3.05) is 18.5 Å². The Morgan fingerprint density at radius 2 is 2.10 bits per heavy atom. The van der Waals surface area contributed by atoms with Gasteiger partial charge in [-0.1, -0.05) is 25.0 Å². The standard InChI is InChI=1S/C19H27NO/c1-2-9-19(8-1)14-16(7-11-21-19)12-15-5-6-18-17(13-15)4-3-10-20-18/h5-6,13,16,20H,1-4,7-12,14H2. The molecule has 0 aromatic heterocycles. The maximum Gasteiger partial charge on any atom is 0.0685 e. The molecule has 0 bridgehead atoms. The molecule has 2 aliphatic heterocycles. The smallest absolute Gasteiger partial charge is 0.0685 e. The first kappa shape index (κ1) is 13.6. The number of benzene rings is 1. The average Bonchev–Trinajstić information content (AvgIpc) is 2.95. The predicted molar refractivity (Wildman–Crippen MR) is 86.8 cm³/mol. The Kier molecular flexibility index (Phi) is 3.66. The van der Waals surface area contributed by atoms with Gasteiger partial charge in [-0.2, -0.15) is 0 Å². The second-order valence-electron chi connectivity index (χ2n) is 7.32. The molecule has 1 spiro atoms. The second-order valence-corrected chi connectivity index (χ2v) is 7.32. The van der Waals surface area contributed by atoms with Gasteiger partial charge in [0.05, 0.1) is 5.60 Å². The highest BCUT2D eigenvalue weighted by molar-refractivity contribution is 5.54. The number of aryl methyl sites for hydroxylation is 1. The Morgan fingerprint density at radius 1 is 1.19 bits per heavy atom. The second kappa shape index (κ2) is 5.64. The molecule has 21 heavy (non-hydrogen) atoms. The molecule has 2 fully saturated rings. The summed E-state index contributed by atoms with van der Waals surface area (Å²) < 4.78 is 6.17. The van der Waals surface area contributed by atoms with E-state index < -0.39 is 0 Å². The number of hydrogen-bond acceptors (Lipinski definition) is 2. The van der Waals surface area contributed by atoms with E-state index in [0.717, 1.165) is 19.1 Å². The summed E-state index contributed by atoms with van der Waals surface area (Å²) in [6.45, 7) is 2.12. The number of rotatable bonds is 2.